The standard InChI is InChI=1S/C18H26N2O2S/c1-20-10-3-4-16(20)7-6-15-13-19-18-8-5-14(12-17(15)18)9-11-23(2,21)22/h5,8,12-13,16,19H,3-4,6-7,9-11H2,1-2H3. The quantitative estimate of drug-likeness (QED) is 0.884. The van der Waals surface area contributed by atoms with Crippen LogP contribution in [0, 0.1) is 0 Å². The number of hydrogen-bond donors (Lipinski definition) is 1. The van der Waals surface area contributed by atoms with Crippen molar-refractivity contribution in [2.45, 2.75) is 38.1 Å². The van der Waals surface area contributed by atoms with Crippen molar-refractivity contribution >= 4 is 20.7 Å². The number of H-pyrrole nitrogens is 1. The summed E-state index contributed by atoms with van der Waals surface area (Å²) in [6, 6.07) is 6.95. The molecule has 1 N–H and O–H groups in total. The van der Waals surface area contributed by atoms with Gasteiger partial charge in [0.25, 0.3) is 0 Å². The van der Waals surface area contributed by atoms with E-state index in [4.69, 9.17) is 0 Å². The molecular formula is C18H26N2O2S. The first kappa shape index (κ1) is 16.5. The van der Waals surface area contributed by atoms with Crippen molar-refractivity contribution in [1.29, 1.82) is 0 Å². The maximum absolute atomic E-state index is 11.4. The number of fused-ring (bicyclic) bond motifs is 1. The van der Waals surface area contributed by atoms with E-state index >= 15 is 0 Å². The summed E-state index contributed by atoms with van der Waals surface area (Å²) in [6.07, 6.45) is 8.88. The van der Waals surface area contributed by atoms with Crippen molar-refractivity contribution in [2.75, 3.05) is 25.6 Å². The summed E-state index contributed by atoms with van der Waals surface area (Å²) in [5.41, 5.74) is 3.59. The molecular weight excluding hydrogens is 308 g/mol. The lowest BCUT2D eigenvalue weighted by Crippen LogP contribution is -2.25. The summed E-state index contributed by atoms with van der Waals surface area (Å²) >= 11 is 0. The molecule has 4 nitrogen and oxygen atoms in total. The van der Waals surface area contributed by atoms with Crippen molar-refractivity contribution in [1.82, 2.24) is 9.88 Å². The van der Waals surface area contributed by atoms with Gasteiger partial charge in [-0.25, -0.2) is 8.42 Å². The number of nitrogens with zero attached hydrogens (tertiary/aromatic N) is 1. The number of rotatable bonds is 6. The molecule has 1 fully saturated rings. The second-order valence-electron chi connectivity index (χ2n) is 6.89. The van der Waals surface area contributed by atoms with E-state index in [2.05, 4.69) is 35.3 Å². The van der Waals surface area contributed by atoms with E-state index in [1.54, 1.807) is 0 Å². The molecule has 0 radical (unpaired) electrons. The van der Waals surface area contributed by atoms with Crippen LogP contribution < -0.4 is 0 Å². The van der Waals surface area contributed by atoms with Gasteiger partial charge in [0.2, 0.25) is 0 Å². The van der Waals surface area contributed by atoms with Crippen LogP contribution in [-0.2, 0) is 22.7 Å². The van der Waals surface area contributed by atoms with Crippen LogP contribution in [0.25, 0.3) is 10.9 Å². The normalized spacial score (nSPS) is 19.7. The lowest BCUT2D eigenvalue weighted by Gasteiger charge is -2.18. The average Bonchev–Trinajstić information content (AvgIpc) is 3.08. The molecule has 2 heterocycles. The van der Waals surface area contributed by atoms with E-state index < -0.39 is 9.84 Å². The number of sulfone groups is 1. The minimum Gasteiger partial charge on any atom is -0.361 e. The molecule has 2 aromatic rings. The Bertz CT molecular complexity index is 779. The van der Waals surface area contributed by atoms with E-state index in [9.17, 15) is 8.42 Å². The Morgan fingerprint density at radius 2 is 2.13 bits per heavy atom. The second kappa shape index (κ2) is 6.65. The zero-order valence-corrected chi connectivity index (χ0v) is 14.8. The van der Waals surface area contributed by atoms with Crippen molar-refractivity contribution in [3.05, 3.63) is 35.5 Å². The predicted octanol–water partition coefficient (Wildman–Crippen LogP) is 2.78. The van der Waals surface area contributed by atoms with Gasteiger partial charge in [0, 0.05) is 29.4 Å². The molecule has 1 aromatic carbocycles. The topological polar surface area (TPSA) is 53.2 Å². The average molecular weight is 334 g/mol. The van der Waals surface area contributed by atoms with E-state index in [1.807, 2.05) is 6.07 Å². The first-order valence-corrected chi connectivity index (χ1v) is 10.5. The highest BCUT2D eigenvalue weighted by molar-refractivity contribution is 7.90. The van der Waals surface area contributed by atoms with Crippen LogP contribution in [-0.4, -0.2) is 49.9 Å². The zero-order chi connectivity index (χ0) is 16.4. The van der Waals surface area contributed by atoms with Crippen LogP contribution in [0.3, 0.4) is 0 Å². The fraction of sp³-hybridized carbons (Fsp3) is 0.556. The Morgan fingerprint density at radius 1 is 1.30 bits per heavy atom. The fourth-order valence-corrected chi connectivity index (χ4v) is 4.16. The third-order valence-corrected chi connectivity index (χ3v) is 5.96. The minimum atomic E-state index is -2.91. The Morgan fingerprint density at radius 3 is 2.83 bits per heavy atom. The molecule has 1 aliphatic rings. The van der Waals surface area contributed by atoms with Crippen molar-refractivity contribution in [2.24, 2.45) is 0 Å². The molecule has 0 bridgehead atoms. The van der Waals surface area contributed by atoms with Crippen LogP contribution in [0.4, 0.5) is 0 Å². The first-order chi connectivity index (χ1) is 10.9. The van der Waals surface area contributed by atoms with Crippen molar-refractivity contribution < 1.29 is 8.42 Å². The Labute approximate surface area is 138 Å². The second-order valence-corrected chi connectivity index (χ2v) is 9.15. The molecule has 126 valence electrons. The van der Waals surface area contributed by atoms with Crippen molar-refractivity contribution in [3.63, 3.8) is 0 Å². The molecule has 1 saturated heterocycles. The molecule has 0 spiro atoms. The summed E-state index contributed by atoms with van der Waals surface area (Å²) in [6.45, 7) is 1.22. The highest BCUT2D eigenvalue weighted by atomic mass is 32.2. The van der Waals surface area contributed by atoms with Gasteiger partial charge in [-0.1, -0.05) is 6.07 Å². The third-order valence-electron chi connectivity index (χ3n) is 5.01. The molecule has 23 heavy (non-hydrogen) atoms. The highest BCUT2D eigenvalue weighted by Crippen LogP contribution is 2.25. The number of aryl methyl sites for hydroxylation is 2. The van der Waals surface area contributed by atoms with Gasteiger partial charge in [-0.3, -0.25) is 0 Å². The third kappa shape index (κ3) is 4.15. The van der Waals surface area contributed by atoms with Gasteiger partial charge < -0.3 is 9.88 Å². The van der Waals surface area contributed by atoms with Crippen LogP contribution in [0.15, 0.2) is 24.4 Å². The first-order valence-electron chi connectivity index (χ1n) is 8.39. The van der Waals surface area contributed by atoms with Crippen LogP contribution in [0.2, 0.25) is 0 Å². The maximum Gasteiger partial charge on any atom is 0.147 e. The molecule has 1 aromatic heterocycles. The summed E-state index contributed by atoms with van der Waals surface area (Å²) in [4.78, 5) is 5.81. The van der Waals surface area contributed by atoms with Crippen LogP contribution in [0.1, 0.15) is 30.4 Å². The smallest absolute Gasteiger partial charge is 0.147 e. The van der Waals surface area contributed by atoms with Gasteiger partial charge in [0.05, 0.1) is 5.75 Å². The summed E-state index contributed by atoms with van der Waals surface area (Å²) < 4.78 is 22.7. The number of aromatic nitrogens is 1. The lowest BCUT2D eigenvalue weighted by molar-refractivity contribution is 0.297. The van der Waals surface area contributed by atoms with Gasteiger partial charge >= 0.3 is 0 Å². The summed E-state index contributed by atoms with van der Waals surface area (Å²) in [7, 11) is -0.695. The number of hydrogen-bond acceptors (Lipinski definition) is 3. The highest BCUT2D eigenvalue weighted by Gasteiger charge is 2.20. The summed E-state index contributed by atoms with van der Waals surface area (Å²) in [5.74, 6) is 0.213. The monoisotopic (exact) mass is 334 g/mol. The Kier molecular flexibility index (Phi) is 4.78. The molecule has 0 aliphatic carbocycles. The molecule has 1 aliphatic heterocycles. The van der Waals surface area contributed by atoms with Gasteiger partial charge in [-0.2, -0.15) is 0 Å². The molecule has 1 atom stereocenters. The van der Waals surface area contributed by atoms with Crippen molar-refractivity contribution in [3.8, 4) is 0 Å². The number of likely N-dealkylation sites (tertiary alicyclic amines) is 1. The molecule has 3 rings (SSSR count). The van der Waals surface area contributed by atoms with E-state index in [0.29, 0.717) is 12.5 Å². The van der Waals surface area contributed by atoms with Gasteiger partial charge in [0.15, 0.2) is 0 Å². The summed E-state index contributed by atoms with van der Waals surface area (Å²) in [5, 5.41) is 1.25. The van der Waals surface area contributed by atoms with Crippen LogP contribution >= 0.6 is 0 Å². The number of aromatic amines is 1. The van der Waals surface area contributed by atoms with Gasteiger partial charge in [-0.05, 0) is 69.0 Å². The predicted molar refractivity (Wildman–Crippen MR) is 95.7 cm³/mol. The van der Waals surface area contributed by atoms with Gasteiger partial charge in [0.1, 0.15) is 9.84 Å². The maximum atomic E-state index is 11.4. The molecule has 0 saturated carbocycles. The zero-order valence-electron chi connectivity index (χ0n) is 14.0. The minimum absolute atomic E-state index is 0.213. The van der Waals surface area contributed by atoms with E-state index in [-0.39, 0.29) is 5.75 Å². The largest absolute Gasteiger partial charge is 0.361 e. The Balaban J connectivity index is 1.73. The van der Waals surface area contributed by atoms with E-state index in [1.165, 1.54) is 43.0 Å². The lowest BCUT2D eigenvalue weighted by atomic mass is 10.0. The fourth-order valence-electron chi connectivity index (χ4n) is 3.56. The Hall–Kier alpha value is -1.33. The van der Waals surface area contributed by atoms with Gasteiger partial charge in [-0.15, -0.1) is 0 Å². The molecule has 5 heteroatoms. The number of nitrogens with one attached hydrogen (secondary N) is 1. The van der Waals surface area contributed by atoms with E-state index in [0.717, 1.165) is 17.5 Å². The molecule has 0 amide bonds. The SMILES string of the molecule is CN1CCCC1CCc1c[nH]c2ccc(CCS(C)(=O)=O)cc12. The molecule has 1 unspecified atom stereocenters. The van der Waals surface area contributed by atoms with Crippen LogP contribution in [0.5, 0.6) is 0 Å². The number of benzene rings is 1.